The summed E-state index contributed by atoms with van der Waals surface area (Å²) in [6.07, 6.45) is 0.976. The molecule has 19 heavy (non-hydrogen) atoms. The molecule has 0 aromatic carbocycles. The van der Waals surface area contributed by atoms with Gasteiger partial charge >= 0.3 is 6.09 Å². The standard InChI is InChI=1S/C15H28N2O2/c1-14(2,3)17-8-10-7-11(9-17)12(10)16-13(18)19-15(4,5)6/h10-12H,7-9H2,1-6H3,(H,16,18)/t10-,11+,12?. The fourth-order valence-corrected chi connectivity index (χ4v) is 3.12. The molecule has 3 atom stereocenters. The van der Waals surface area contributed by atoms with Gasteiger partial charge in [-0.05, 0) is 59.8 Å². The molecular formula is C15H28N2O2. The lowest BCUT2D eigenvalue weighted by Crippen LogP contribution is -2.67. The highest BCUT2D eigenvalue weighted by atomic mass is 16.6. The lowest BCUT2D eigenvalue weighted by Gasteiger charge is -2.56. The zero-order valence-electron chi connectivity index (χ0n) is 13.1. The van der Waals surface area contributed by atoms with Gasteiger partial charge in [-0.3, -0.25) is 4.90 Å². The van der Waals surface area contributed by atoms with Gasteiger partial charge in [0.15, 0.2) is 0 Å². The maximum atomic E-state index is 11.8. The van der Waals surface area contributed by atoms with Gasteiger partial charge in [0, 0.05) is 24.7 Å². The van der Waals surface area contributed by atoms with Gasteiger partial charge in [-0.2, -0.15) is 0 Å². The Bertz CT molecular complexity index is 342. The summed E-state index contributed by atoms with van der Waals surface area (Å²) in [7, 11) is 0. The van der Waals surface area contributed by atoms with E-state index in [0.29, 0.717) is 17.9 Å². The third-order valence-electron chi connectivity index (χ3n) is 4.16. The number of ether oxygens (including phenoxy) is 1. The number of carbonyl (C=O) groups excluding carboxylic acids is 1. The fourth-order valence-electron chi connectivity index (χ4n) is 3.12. The van der Waals surface area contributed by atoms with Crippen LogP contribution in [0.15, 0.2) is 0 Å². The Morgan fingerprint density at radius 3 is 2.05 bits per heavy atom. The number of nitrogens with zero attached hydrogens (tertiary/aromatic N) is 1. The van der Waals surface area contributed by atoms with Crippen molar-refractivity contribution in [3.8, 4) is 0 Å². The lowest BCUT2D eigenvalue weighted by atomic mass is 9.65. The molecule has 3 rings (SSSR count). The van der Waals surface area contributed by atoms with E-state index < -0.39 is 5.60 Å². The first-order chi connectivity index (χ1) is 8.56. The van der Waals surface area contributed by atoms with Gasteiger partial charge in [-0.15, -0.1) is 0 Å². The van der Waals surface area contributed by atoms with Gasteiger partial charge in [0.1, 0.15) is 5.60 Å². The second kappa shape index (κ2) is 4.65. The summed E-state index contributed by atoms with van der Waals surface area (Å²) in [5.74, 6) is 1.18. The molecule has 1 saturated carbocycles. The summed E-state index contributed by atoms with van der Waals surface area (Å²) in [5.41, 5.74) is -0.186. The van der Waals surface area contributed by atoms with Crippen LogP contribution in [0.5, 0.6) is 0 Å². The number of alkyl carbamates (subject to hydrolysis) is 1. The minimum absolute atomic E-state index is 0.230. The molecule has 0 aromatic rings. The number of hydrogen-bond acceptors (Lipinski definition) is 3. The highest BCUT2D eigenvalue weighted by Gasteiger charge is 2.49. The van der Waals surface area contributed by atoms with Crippen molar-refractivity contribution in [1.29, 1.82) is 0 Å². The van der Waals surface area contributed by atoms with Crippen LogP contribution in [0, 0.1) is 11.8 Å². The first kappa shape index (κ1) is 14.6. The number of amides is 1. The Kier molecular flexibility index (Phi) is 3.58. The van der Waals surface area contributed by atoms with Gasteiger partial charge in [-0.25, -0.2) is 4.79 Å². The van der Waals surface area contributed by atoms with Crippen LogP contribution in [-0.4, -0.2) is 41.3 Å². The fraction of sp³-hybridized carbons (Fsp3) is 0.933. The number of rotatable bonds is 1. The topological polar surface area (TPSA) is 41.6 Å². The smallest absolute Gasteiger partial charge is 0.407 e. The maximum Gasteiger partial charge on any atom is 0.407 e. The molecule has 1 amide bonds. The molecule has 1 unspecified atom stereocenters. The number of piperidine rings is 2. The van der Waals surface area contributed by atoms with Crippen molar-refractivity contribution in [2.45, 2.75) is 65.1 Å². The second-order valence-corrected chi connectivity index (χ2v) is 8.00. The zero-order chi connectivity index (χ0) is 14.4. The maximum absolute atomic E-state index is 11.8. The molecular weight excluding hydrogens is 240 g/mol. The number of hydrogen-bond donors (Lipinski definition) is 1. The van der Waals surface area contributed by atoms with Crippen LogP contribution in [0.3, 0.4) is 0 Å². The number of fused-ring (bicyclic) bond motifs is 2. The van der Waals surface area contributed by atoms with Gasteiger partial charge in [-0.1, -0.05) is 0 Å². The van der Waals surface area contributed by atoms with E-state index in [4.69, 9.17) is 4.74 Å². The first-order valence-electron chi connectivity index (χ1n) is 7.31. The Labute approximate surface area is 116 Å². The summed E-state index contributed by atoms with van der Waals surface area (Å²) in [6, 6.07) is 0.313. The van der Waals surface area contributed by atoms with E-state index in [1.54, 1.807) is 0 Å². The molecule has 3 aliphatic rings. The van der Waals surface area contributed by atoms with Crippen molar-refractivity contribution in [2.24, 2.45) is 11.8 Å². The number of nitrogens with one attached hydrogen (secondary N) is 1. The number of carbonyl (C=O) groups is 1. The average Bonchev–Trinajstić information content (AvgIpc) is 2.22. The van der Waals surface area contributed by atoms with Gasteiger partial charge in [0.25, 0.3) is 0 Å². The van der Waals surface area contributed by atoms with Crippen LogP contribution in [0.1, 0.15) is 48.0 Å². The van der Waals surface area contributed by atoms with Crippen molar-refractivity contribution < 1.29 is 9.53 Å². The Balaban J connectivity index is 1.85. The molecule has 0 radical (unpaired) electrons. The summed E-state index contributed by atoms with van der Waals surface area (Å²) >= 11 is 0. The minimum Gasteiger partial charge on any atom is -0.444 e. The van der Waals surface area contributed by atoms with E-state index in [-0.39, 0.29) is 11.6 Å². The predicted molar refractivity (Wildman–Crippen MR) is 76.1 cm³/mol. The summed E-state index contributed by atoms with van der Waals surface area (Å²) < 4.78 is 5.34. The monoisotopic (exact) mass is 268 g/mol. The molecule has 2 aliphatic heterocycles. The van der Waals surface area contributed by atoms with Crippen LogP contribution < -0.4 is 5.32 Å². The highest BCUT2D eigenvalue weighted by molar-refractivity contribution is 5.68. The summed E-state index contributed by atoms with van der Waals surface area (Å²) in [5, 5.41) is 3.06. The Morgan fingerprint density at radius 1 is 1.11 bits per heavy atom. The molecule has 2 saturated heterocycles. The van der Waals surface area contributed by atoms with Gasteiger partial charge in [0.2, 0.25) is 0 Å². The lowest BCUT2D eigenvalue weighted by molar-refractivity contribution is -0.0551. The van der Waals surface area contributed by atoms with E-state index >= 15 is 0 Å². The molecule has 2 heterocycles. The van der Waals surface area contributed by atoms with E-state index in [2.05, 4.69) is 31.0 Å². The molecule has 4 heteroatoms. The largest absolute Gasteiger partial charge is 0.444 e. The van der Waals surface area contributed by atoms with E-state index in [0.717, 1.165) is 13.1 Å². The summed E-state index contributed by atoms with van der Waals surface area (Å²) in [6.45, 7) is 14.6. The van der Waals surface area contributed by atoms with Crippen LogP contribution in [0.2, 0.25) is 0 Å². The Hall–Kier alpha value is -0.770. The second-order valence-electron chi connectivity index (χ2n) is 8.00. The van der Waals surface area contributed by atoms with Crippen molar-refractivity contribution in [3.05, 3.63) is 0 Å². The molecule has 2 bridgehead atoms. The van der Waals surface area contributed by atoms with Crippen molar-refractivity contribution in [2.75, 3.05) is 13.1 Å². The minimum atomic E-state index is -0.416. The van der Waals surface area contributed by atoms with Crippen LogP contribution >= 0.6 is 0 Å². The molecule has 3 fully saturated rings. The van der Waals surface area contributed by atoms with Crippen molar-refractivity contribution in [3.63, 3.8) is 0 Å². The van der Waals surface area contributed by atoms with E-state index in [9.17, 15) is 4.79 Å². The normalized spacial score (nSPS) is 31.6. The predicted octanol–water partition coefficient (Wildman–Crippen LogP) is 2.63. The van der Waals surface area contributed by atoms with Gasteiger partial charge in [0.05, 0.1) is 0 Å². The molecule has 4 nitrogen and oxygen atoms in total. The molecule has 0 spiro atoms. The average molecular weight is 268 g/mol. The van der Waals surface area contributed by atoms with E-state index in [1.165, 1.54) is 6.42 Å². The zero-order valence-corrected chi connectivity index (χ0v) is 13.1. The van der Waals surface area contributed by atoms with Crippen molar-refractivity contribution in [1.82, 2.24) is 10.2 Å². The molecule has 1 N–H and O–H groups in total. The first-order valence-corrected chi connectivity index (χ1v) is 7.31. The Morgan fingerprint density at radius 2 is 1.63 bits per heavy atom. The molecule has 1 aliphatic carbocycles. The molecule has 110 valence electrons. The molecule has 0 aromatic heterocycles. The van der Waals surface area contributed by atoms with Crippen molar-refractivity contribution >= 4 is 6.09 Å². The highest BCUT2D eigenvalue weighted by Crippen LogP contribution is 2.42. The van der Waals surface area contributed by atoms with Crippen LogP contribution in [0.4, 0.5) is 4.79 Å². The van der Waals surface area contributed by atoms with E-state index in [1.807, 2.05) is 20.8 Å². The SMILES string of the molecule is CC(C)(C)OC(=O)NC1[C@@H]2C[C@H]1CN(C(C)(C)C)C2. The van der Waals surface area contributed by atoms with Crippen LogP contribution in [0.25, 0.3) is 0 Å². The van der Waals surface area contributed by atoms with Gasteiger partial charge < -0.3 is 10.1 Å². The quantitative estimate of drug-likeness (QED) is 0.795. The third-order valence-corrected chi connectivity index (χ3v) is 4.16. The van der Waals surface area contributed by atoms with Crippen LogP contribution in [-0.2, 0) is 4.74 Å². The summed E-state index contributed by atoms with van der Waals surface area (Å²) in [4.78, 5) is 14.4. The third kappa shape index (κ3) is 3.41.